The second kappa shape index (κ2) is 5.72. The van der Waals surface area contributed by atoms with Crippen LogP contribution in [0.1, 0.15) is 22.8 Å². The summed E-state index contributed by atoms with van der Waals surface area (Å²) in [6.45, 7) is 1.88. The highest BCUT2D eigenvalue weighted by Crippen LogP contribution is 2.30. The maximum Gasteiger partial charge on any atom is 0.133 e. The van der Waals surface area contributed by atoms with Crippen LogP contribution in [0, 0.1) is 12.7 Å². The Hall–Kier alpha value is -1.39. The second-order valence-corrected chi connectivity index (χ2v) is 5.21. The predicted octanol–water partition coefficient (Wildman–Crippen LogP) is 3.99. The number of aliphatic hydroxyl groups excluding tert-OH is 1. The number of hydrogen-bond donors (Lipinski definition) is 1. The Balaban J connectivity index is 2.41. The van der Waals surface area contributed by atoms with Gasteiger partial charge in [0.1, 0.15) is 17.7 Å². The smallest absolute Gasteiger partial charge is 0.133 e. The van der Waals surface area contributed by atoms with E-state index in [1.54, 1.807) is 18.2 Å². The van der Waals surface area contributed by atoms with Crippen LogP contribution in [0.4, 0.5) is 4.39 Å². The monoisotopic (exact) mass is 324 g/mol. The van der Waals surface area contributed by atoms with Crippen LogP contribution in [-0.4, -0.2) is 12.2 Å². The fraction of sp³-hybridized carbons (Fsp3) is 0.200. The molecule has 1 N–H and O–H groups in total. The topological polar surface area (TPSA) is 29.5 Å². The van der Waals surface area contributed by atoms with Gasteiger partial charge in [-0.2, -0.15) is 0 Å². The molecule has 2 aromatic rings. The zero-order valence-electron chi connectivity index (χ0n) is 10.7. The van der Waals surface area contributed by atoms with Crippen LogP contribution in [0.25, 0.3) is 0 Å². The summed E-state index contributed by atoms with van der Waals surface area (Å²) in [4.78, 5) is 0. The van der Waals surface area contributed by atoms with Gasteiger partial charge in [-0.05, 0) is 42.3 Å². The van der Waals surface area contributed by atoms with Crippen molar-refractivity contribution in [3.8, 4) is 5.75 Å². The van der Waals surface area contributed by atoms with Gasteiger partial charge >= 0.3 is 0 Å². The minimum atomic E-state index is -0.987. The summed E-state index contributed by atoms with van der Waals surface area (Å²) in [5, 5.41) is 10.3. The Labute approximate surface area is 120 Å². The number of rotatable bonds is 3. The Bertz CT molecular complexity index is 599. The van der Waals surface area contributed by atoms with E-state index in [4.69, 9.17) is 4.74 Å². The van der Waals surface area contributed by atoms with Gasteiger partial charge in [-0.25, -0.2) is 4.39 Å². The Morgan fingerprint density at radius 2 is 1.84 bits per heavy atom. The summed E-state index contributed by atoms with van der Waals surface area (Å²) in [6, 6.07) is 9.95. The molecule has 0 aliphatic heterocycles. The van der Waals surface area contributed by atoms with Crippen molar-refractivity contribution in [3.63, 3.8) is 0 Å². The maximum atomic E-state index is 13.9. The molecule has 0 radical (unpaired) electrons. The predicted molar refractivity (Wildman–Crippen MR) is 75.9 cm³/mol. The van der Waals surface area contributed by atoms with Crippen molar-refractivity contribution >= 4 is 15.9 Å². The maximum absolute atomic E-state index is 13.9. The van der Waals surface area contributed by atoms with Crippen molar-refractivity contribution in [3.05, 3.63) is 63.4 Å². The average Bonchev–Trinajstić information content (AvgIpc) is 2.37. The minimum absolute atomic E-state index is 0.242. The molecule has 0 aliphatic rings. The third-order valence-electron chi connectivity index (χ3n) is 3.03. The highest BCUT2D eigenvalue weighted by atomic mass is 79.9. The van der Waals surface area contributed by atoms with Gasteiger partial charge < -0.3 is 9.84 Å². The first-order chi connectivity index (χ1) is 9.02. The van der Waals surface area contributed by atoms with Crippen LogP contribution in [0.3, 0.4) is 0 Å². The number of ether oxygens (including phenoxy) is 1. The number of methoxy groups -OCH3 is 1. The molecule has 0 heterocycles. The van der Waals surface area contributed by atoms with E-state index < -0.39 is 11.9 Å². The fourth-order valence-corrected chi connectivity index (χ4v) is 2.45. The van der Waals surface area contributed by atoms with E-state index in [0.29, 0.717) is 11.3 Å². The second-order valence-electron chi connectivity index (χ2n) is 4.29. The van der Waals surface area contributed by atoms with Gasteiger partial charge in [0.2, 0.25) is 0 Å². The molecule has 0 fully saturated rings. The van der Waals surface area contributed by atoms with Crippen molar-refractivity contribution in [2.24, 2.45) is 0 Å². The van der Waals surface area contributed by atoms with Gasteiger partial charge in [-0.3, -0.25) is 0 Å². The lowest BCUT2D eigenvalue weighted by molar-refractivity contribution is 0.214. The van der Waals surface area contributed by atoms with Gasteiger partial charge in [-0.15, -0.1) is 0 Å². The molecule has 0 saturated heterocycles. The molecule has 0 aromatic heterocycles. The third-order valence-corrected chi connectivity index (χ3v) is 3.52. The van der Waals surface area contributed by atoms with E-state index in [2.05, 4.69) is 15.9 Å². The summed E-state index contributed by atoms with van der Waals surface area (Å²) in [7, 11) is 1.48. The van der Waals surface area contributed by atoms with Crippen LogP contribution < -0.4 is 4.74 Å². The lowest BCUT2D eigenvalue weighted by atomic mass is 9.97. The third kappa shape index (κ3) is 2.96. The van der Waals surface area contributed by atoms with E-state index >= 15 is 0 Å². The highest BCUT2D eigenvalue weighted by molar-refractivity contribution is 9.10. The SMILES string of the molecule is COc1ccc(C(O)c2ccc(Br)cc2C)c(F)c1. The molecule has 0 amide bonds. The van der Waals surface area contributed by atoms with Crippen molar-refractivity contribution in [1.82, 2.24) is 0 Å². The number of aliphatic hydroxyl groups is 1. The van der Waals surface area contributed by atoms with Gasteiger partial charge in [0.15, 0.2) is 0 Å². The molecule has 100 valence electrons. The van der Waals surface area contributed by atoms with Gasteiger partial charge in [-0.1, -0.05) is 22.0 Å². The van der Waals surface area contributed by atoms with E-state index in [1.165, 1.54) is 13.2 Å². The Morgan fingerprint density at radius 1 is 1.16 bits per heavy atom. The summed E-state index contributed by atoms with van der Waals surface area (Å²) in [6.07, 6.45) is -0.987. The number of halogens is 2. The zero-order valence-corrected chi connectivity index (χ0v) is 12.2. The lowest BCUT2D eigenvalue weighted by Gasteiger charge is -2.15. The fourth-order valence-electron chi connectivity index (χ4n) is 1.97. The van der Waals surface area contributed by atoms with E-state index in [1.807, 2.05) is 19.1 Å². The van der Waals surface area contributed by atoms with Gasteiger partial charge in [0, 0.05) is 16.1 Å². The standard InChI is InChI=1S/C15H14BrFO2/c1-9-7-10(16)3-5-12(9)15(18)13-6-4-11(19-2)8-14(13)17/h3-8,15,18H,1-2H3. The molecule has 19 heavy (non-hydrogen) atoms. The van der Waals surface area contributed by atoms with Crippen molar-refractivity contribution in [2.75, 3.05) is 7.11 Å². The largest absolute Gasteiger partial charge is 0.497 e. The highest BCUT2D eigenvalue weighted by Gasteiger charge is 2.17. The summed E-state index contributed by atoms with van der Waals surface area (Å²) in [5.74, 6) is -0.0462. The molecule has 0 aliphatic carbocycles. The van der Waals surface area contributed by atoms with Crippen molar-refractivity contribution in [2.45, 2.75) is 13.0 Å². The number of aryl methyl sites for hydroxylation is 1. The first-order valence-corrected chi connectivity index (χ1v) is 6.59. The van der Waals surface area contributed by atoms with Gasteiger partial charge in [0.05, 0.1) is 7.11 Å². The molecular weight excluding hydrogens is 311 g/mol. The number of hydrogen-bond acceptors (Lipinski definition) is 2. The molecule has 2 aromatic carbocycles. The molecule has 4 heteroatoms. The van der Waals surface area contributed by atoms with Crippen molar-refractivity contribution in [1.29, 1.82) is 0 Å². The normalized spacial score (nSPS) is 12.3. The molecule has 0 spiro atoms. The summed E-state index contributed by atoms with van der Waals surface area (Å²) < 4.78 is 19.8. The van der Waals surface area contributed by atoms with Crippen LogP contribution in [0.15, 0.2) is 40.9 Å². The lowest BCUT2D eigenvalue weighted by Crippen LogP contribution is -2.04. The average molecular weight is 325 g/mol. The quantitative estimate of drug-likeness (QED) is 0.925. The summed E-state index contributed by atoms with van der Waals surface area (Å²) >= 11 is 3.36. The number of benzene rings is 2. The minimum Gasteiger partial charge on any atom is -0.497 e. The molecule has 2 nitrogen and oxygen atoms in total. The molecule has 0 saturated carbocycles. The zero-order chi connectivity index (χ0) is 14.0. The molecule has 0 bridgehead atoms. The van der Waals surface area contributed by atoms with E-state index in [0.717, 1.165) is 10.0 Å². The Kier molecular flexibility index (Phi) is 4.22. The van der Waals surface area contributed by atoms with Crippen LogP contribution >= 0.6 is 15.9 Å². The van der Waals surface area contributed by atoms with Crippen LogP contribution in [-0.2, 0) is 0 Å². The summed E-state index contributed by atoms with van der Waals surface area (Å²) in [5.41, 5.74) is 1.83. The first kappa shape index (κ1) is 14.0. The first-order valence-electron chi connectivity index (χ1n) is 5.80. The molecule has 2 rings (SSSR count). The van der Waals surface area contributed by atoms with Gasteiger partial charge in [0.25, 0.3) is 0 Å². The molecule has 1 atom stereocenters. The Morgan fingerprint density at radius 3 is 2.42 bits per heavy atom. The van der Waals surface area contributed by atoms with Crippen LogP contribution in [0.2, 0.25) is 0 Å². The van der Waals surface area contributed by atoms with E-state index in [-0.39, 0.29) is 5.56 Å². The van der Waals surface area contributed by atoms with Crippen LogP contribution in [0.5, 0.6) is 5.75 Å². The molecule has 1 unspecified atom stereocenters. The van der Waals surface area contributed by atoms with Crippen molar-refractivity contribution < 1.29 is 14.2 Å². The molecular formula is C15H14BrFO2. The van der Waals surface area contributed by atoms with E-state index in [9.17, 15) is 9.50 Å².